The second kappa shape index (κ2) is 11.2. The second-order valence-electron chi connectivity index (χ2n) is 8.35. The third kappa shape index (κ3) is 6.52. The van der Waals surface area contributed by atoms with Crippen molar-refractivity contribution in [2.45, 2.75) is 44.3 Å². The molecule has 1 unspecified atom stereocenters. The lowest BCUT2D eigenvalue weighted by Gasteiger charge is -2.21. The van der Waals surface area contributed by atoms with Crippen molar-refractivity contribution in [2.75, 3.05) is 13.2 Å². The summed E-state index contributed by atoms with van der Waals surface area (Å²) < 4.78 is 44.3. The first-order valence-corrected chi connectivity index (χ1v) is 11.3. The average Bonchev–Trinajstić information content (AvgIpc) is 3.13. The standard InChI is InChI=1S/C25H27F3N2O5/c1-2-21(23(33)29-12-11-15(13-22(31)32)25(26,27)28)30-24(34)35-14-20-18-9-5-3-7-16(18)17-8-4-6-10-19(17)20/h3-10,15,20-21H,2,11-14H2,1H3,(H,29,33)(H,30,34)(H,31,32)/t15?,21-/m1/s1. The summed E-state index contributed by atoms with van der Waals surface area (Å²) in [6, 6.07) is 14.7. The Morgan fingerprint density at radius 2 is 1.60 bits per heavy atom. The fourth-order valence-corrected chi connectivity index (χ4v) is 4.22. The van der Waals surface area contributed by atoms with Gasteiger partial charge >= 0.3 is 18.2 Å². The minimum atomic E-state index is -4.69. The third-order valence-electron chi connectivity index (χ3n) is 6.04. The molecule has 0 aliphatic heterocycles. The maximum absolute atomic E-state index is 13.0. The number of rotatable bonds is 10. The molecule has 0 spiro atoms. The highest BCUT2D eigenvalue weighted by atomic mass is 19.4. The van der Waals surface area contributed by atoms with E-state index in [4.69, 9.17) is 9.84 Å². The van der Waals surface area contributed by atoms with Gasteiger partial charge < -0.3 is 20.5 Å². The van der Waals surface area contributed by atoms with Gasteiger partial charge in [-0.25, -0.2) is 4.79 Å². The summed E-state index contributed by atoms with van der Waals surface area (Å²) >= 11 is 0. The lowest BCUT2D eigenvalue weighted by atomic mass is 9.98. The van der Waals surface area contributed by atoms with Gasteiger partial charge in [0.05, 0.1) is 12.3 Å². The van der Waals surface area contributed by atoms with Crippen LogP contribution in [0.3, 0.4) is 0 Å². The van der Waals surface area contributed by atoms with E-state index in [2.05, 4.69) is 10.6 Å². The molecular formula is C25H27F3N2O5. The number of alkyl halides is 3. The third-order valence-corrected chi connectivity index (χ3v) is 6.04. The molecule has 0 saturated heterocycles. The molecule has 3 rings (SSSR count). The maximum Gasteiger partial charge on any atom is 0.407 e. The predicted octanol–water partition coefficient (Wildman–Crippen LogP) is 4.46. The van der Waals surface area contributed by atoms with Crippen LogP contribution in [0.15, 0.2) is 48.5 Å². The molecule has 35 heavy (non-hydrogen) atoms. The topological polar surface area (TPSA) is 105 Å². The molecular weight excluding hydrogens is 465 g/mol. The van der Waals surface area contributed by atoms with Crippen molar-refractivity contribution in [3.8, 4) is 11.1 Å². The number of halogens is 3. The van der Waals surface area contributed by atoms with Gasteiger partial charge in [0.2, 0.25) is 5.91 Å². The van der Waals surface area contributed by atoms with Crippen molar-refractivity contribution in [3.05, 3.63) is 59.7 Å². The first kappa shape index (κ1) is 26.1. The van der Waals surface area contributed by atoms with Crippen LogP contribution in [-0.2, 0) is 14.3 Å². The first-order valence-electron chi connectivity index (χ1n) is 11.3. The van der Waals surface area contributed by atoms with Crippen LogP contribution in [0.25, 0.3) is 11.1 Å². The highest BCUT2D eigenvalue weighted by Gasteiger charge is 2.40. The molecule has 1 aliphatic carbocycles. The summed E-state index contributed by atoms with van der Waals surface area (Å²) in [5.41, 5.74) is 4.21. The molecule has 2 atom stereocenters. The molecule has 0 fully saturated rings. The van der Waals surface area contributed by atoms with Crippen molar-refractivity contribution < 1.29 is 37.4 Å². The van der Waals surface area contributed by atoms with E-state index in [1.165, 1.54) is 0 Å². The van der Waals surface area contributed by atoms with E-state index in [1.54, 1.807) is 6.92 Å². The summed E-state index contributed by atoms with van der Waals surface area (Å²) in [6.45, 7) is 1.32. The van der Waals surface area contributed by atoms with E-state index >= 15 is 0 Å². The quantitative estimate of drug-likeness (QED) is 0.454. The smallest absolute Gasteiger partial charge is 0.407 e. The zero-order valence-electron chi connectivity index (χ0n) is 19.1. The van der Waals surface area contributed by atoms with Crippen LogP contribution in [0.1, 0.15) is 43.2 Å². The Labute approximate surface area is 200 Å². The zero-order valence-corrected chi connectivity index (χ0v) is 19.1. The van der Waals surface area contributed by atoms with Crippen molar-refractivity contribution >= 4 is 18.0 Å². The van der Waals surface area contributed by atoms with Crippen LogP contribution in [0.2, 0.25) is 0 Å². The van der Waals surface area contributed by atoms with Gasteiger partial charge in [0.15, 0.2) is 0 Å². The van der Waals surface area contributed by atoms with Crippen molar-refractivity contribution in [3.63, 3.8) is 0 Å². The lowest BCUT2D eigenvalue weighted by Crippen LogP contribution is -2.47. The number of benzene rings is 2. The molecule has 0 aromatic heterocycles. The van der Waals surface area contributed by atoms with Gasteiger partial charge in [0.25, 0.3) is 0 Å². The van der Waals surface area contributed by atoms with Crippen molar-refractivity contribution in [1.82, 2.24) is 10.6 Å². The molecule has 7 nitrogen and oxygen atoms in total. The number of hydrogen-bond acceptors (Lipinski definition) is 4. The molecule has 2 aromatic rings. The summed E-state index contributed by atoms with van der Waals surface area (Å²) in [6.07, 6.45) is -6.97. The fourth-order valence-electron chi connectivity index (χ4n) is 4.22. The van der Waals surface area contributed by atoms with Crippen molar-refractivity contribution in [2.24, 2.45) is 5.92 Å². The predicted molar refractivity (Wildman–Crippen MR) is 122 cm³/mol. The number of nitrogens with one attached hydrogen (secondary N) is 2. The van der Waals surface area contributed by atoms with Gasteiger partial charge in [0.1, 0.15) is 12.6 Å². The number of hydrogen-bond donors (Lipinski definition) is 3. The van der Waals surface area contributed by atoms with Crippen LogP contribution in [0.4, 0.5) is 18.0 Å². The molecule has 0 radical (unpaired) electrons. The highest BCUT2D eigenvalue weighted by molar-refractivity contribution is 5.85. The number of fused-ring (bicyclic) bond motifs is 3. The molecule has 0 bridgehead atoms. The molecule has 0 heterocycles. The van der Waals surface area contributed by atoms with E-state index in [0.717, 1.165) is 22.3 Å². The van der Waals surface area contributed by atoms with Crippen molar-refractivity contribution in [1.29, 1.82) is 0 Å². The van der Waals surface area contributed by atoms with Gasteiger partial charge in [-0.3, -0.25) is 9.59 Å². The Morgan fingerprint density at radius 3 is 2.11 bits per heavy atom. The monoisotopic (exact) mass is 492 g/mol. The second-order valence-corrected chi connectivity index (χ2v) is 8.35. The number of carboxylic acid groups (broad SMARTS) is 1. The highest BCUT2D eigenvalue weighted by Crippen LogP contribution is 2.44. The van der Waals surface area contributed by atoms with E-state index in [0.29, 0.717) is 0 Å². The Kier molecular flexibility index (Phi) is 8.37. The largest absolute Gasteiger partial charge is 0.481 e. The van der Waals surface area contributed by atoms with E-state index in [9.17, 15) is 27.6 Å². The SMILES string of the molecule is CC[C@@H](NC(=O)OCC1c2ccccc2-c2ccccc21)C(=O)NCCC(CC(=O)O)C(F)(F)F. The summed E-state index contributed by atoms with van der Waals surface area (Å²) in [5, 5.41) is 13.5. The van der Waals surface area contributed by atoms with Crippen LogP contribution in [0, 0.1) is 5.92 Å². The van der Waals surface area contributed by atoms with Gasteiger partial charge in [-0.05, 0) is 35.1 Å². The van der Waals surface area contributed by atoms with Crippen LogP contribution < -0.4 is 10.6 Å². The van der Waals surface area contributed by atoms with Crippen LogP contribution in [0.5, 0.6) is 0 Å². The number of carboxylic acids is 1. The summed E-state index contributed by atoms with van der Waals surface area (Å²) in [5.74, 6) is -4.47. The van der Waals surface area contributed by atoms with Gasteiger partial charge in [-0.1, -0.05) is 55.5 Å². The van der Waals surface area contributed by atoms with Crippen LogP contribution >= 0.6 is 0 Å². The Hall–Kier alpha value is -3.56. The number of alkyl carbamates (subject to hydrolysis) is 1. The minimum Gasteiger partial charge on any atom is -0.481 e. The number of carbonyl (C=O) groups is 3. The summed E-state index contributed by atoms with van der Waals surface area (Å²) in [4.78, 5) is 35.5. The Bertz CT molecular complexity index is 1030. The Balaban J connectivity index is 1.53. The molecule has 2 aromatic carbocycles. The molecule has 1 aliphatic rings. The van der Waals surface area contributed by atoms with Gasteiger partial charge in [-0.15, -0.1) is 0 Å². The van der Waals surface area contributed by atoms with E-state index in [-0.39, 0.29) is 25.5 Å². The number of aliphatic carboxylic acids is 1. The molecule has 2 amide bonds. The van der Waals surface area contributed by atoms with E-state index < -0.39 is 48.9 Å². The van der Waals surface area contributed by atoms with Gasteiger partial charge in [-0.2, -0.15) is 13.2 Å². The van der Waals surface area contributed by atoms with E-state index in [1.807, 2.05) is 48.5 Å². The molecule has 188 valence electrons. The minimum absolute atomic E-state index is 0.0559. The van der Waals surface area contributed by atoms with Crippen LogP contribution in [-0.4, -0.2) is 48.4 Å². The Morgan fingerprint density at radius 1 is 1.03 bits per heavy atom. The normalized spacial score (nSPS) is 14.4. The number of ether oxygens (including phenoxy) is 1. The molecule has 10 heteroatoms. The number of amides is 2. The molecule has 0 saturated carbocycles. The zero-order chi connectivity index (χ0) is 25.6. The lowest BCUT2D eigenvalue weighted by molar-refractivity contribution is -0.184. The molecule has 3 N–H and O–H groups in total. The maximum atomic E-state index is 13.0. The first-order chi connectivity index (χ1) is 16.6. The fraction of sp³-hybridized carbons (Fsp3) is 0.400. The summed E-state index contributed by atoms with van der Waals surface area (Å²) in [7, 11) is 0. The van der Waals surface area contributed by atoms with Gasteiger partial charge in [0, 0.05) is 12.5 Å². The average molecular weight is 492 g/mol. The number of carbonyl (C=O) groups excluding carboxylic acids is 2.